The number of fused-ring (bicyclic) bond motifs is 1. The smallest absolute Gasteiger partial charge is 0.311 e. The number of carbonyl (C=O) groups is 3. The van der Waals surface area contributed by atoms with Crippen molar-refractivity contribution in [2.45, 2.75) is 64.3 Å². The Morgan fingerprint density at radius 2 is 1.57 bits per heavy atom. The maximum Gasteiger partial charge on any atom is 0.311 e. The highest BCUT2D eigenvalue weighted by atomic mass is 16.8. The molecule has 0 aromatic rings. The minimum atomic E-state index is -0.953. The maximum absolute atomic E-state index is 12.1. The van der Waals surface area contributed by atoms with Gasteiger partial charge in [-0.3, -0.25) is 14.4 Å². The van der Waals surface area contributed by atoms with E-state index in [1.807, 2.05) is 0 Å². The van der Waals surface area contributed by atoms with Gasteiger partial charge in [0.2, 0.25) is 0 Å². The van der Waals surface area contributed by atoms with E-state index in [0.29, 0.717) is 0 Å². The van der Waals surface area contributed by atoms with Crippen LogP contribution in [0.3, 0.4) is 0 Å². The minimum absolute atomic E-state index is 0.130. The van der Waals surface area contributed by atoms with Crippen LogP contribution in [0.1, 0.15) is 34.1 Å². The van der Waals surface area contributed by atoms with Crippen LogP contribution in [-0.4, -0.2) is 55.2 Å². The topological polar surface area (TPSA) is 97.4 Å². The Balaban J connectivity index is 2.34. The lowest BCUT2D eigenvalue weighted by Gasteiger charge is -2.39. The lowest BCUT2D eigenvalue weighted by molar-refractivity contribution is -0.194. The molecule has 1 aliphatic carbocycles. The maximum atomic E-state index is 12.1. The summed E-state index contributed by atoms with van der Waals surface area (Å²) in [5, 5.41) is 0. The fraction of sp³-hybridized carbons (Fsp3) is 0.800. The lowest BCUT2D eigenvalue weighted by atomic mass is 9.80. The number of rotatable bonds is 3. The molecule has 1 saturated carbocycles. The predicted molar refractivity (Wildman–Crippen MR) is 75.1 cm³/mol. The fourth-order valence-electron chi connectivity index (χ4n) is 3.16. The van der Waals surface area contributed by atoms with E-state index in [0.717, 1.165) is 0 Å². The highest BCUT2D eigenvalue weighted by Gasteiger charge is 2.58. The molecule has 0 aromatic carbocycles. The van der Waals surface area contributed by atoms with Gasteiger partial charge in [-0.1, -0.05) is 0 Å². The molecule has 8 nitrogen and oxygen atoms in total. The minimum Gasteiger partial charge on any atom is -0.469 e. The van der Waals surface area contributed by atoms with Gasteiger partial charge in [0.05, 0.1) is 13.0 Å². The molecule has 23 heavy (non-hydrogen) atoms. The number of methoxy groups -OCH3 is 1. The van der Waals surface area contributed by atoms with Crippen molar-refractivity contribution < 1.29 is 38.1 Å². The summed E-state index contributed by atoms with van der Waals surface area (Å²) in [5.74, 6) is -3.18. The van der Waals surface area contributed by atoms with Crippen molar-refractivity contribution in [1.82, 2.24) is 0 Å². The monoisotopic (exact) mass is 330 g/mol. The molecule has 0 N–H and O–H groups in total. The van der Waals surface area contributed by atoms with Gasteiger partial charge in [0, 0.05) is 20.3 Å². The second-order valence-electron chi connectivity index (χ2n) is 6.15. The summed E-state index contributed by atoms with van der Waals surface area (Å²) >= 11 is 0. The third-order valence-electron chi connectivity index (χ3n) is 3.86. The highest BCUT2D eigenvalue weighted by Crippen LogP contribution is 2.42. The summed E-state index contributed by atoms with van der Waals surface area (Å²) in [7, 11) is 1.28. The molecule has 1 heterocycles. The van der Waals surface area contributed by atoms with Crippen LogP contribution >= 0.6 is 0 Å². The van der Waals surface area contributed by atoms with Crippen LogP contribution in [0.25, 0.3) is 0 Å². The summed E-state index contributed by atoms with van der Waals surface area (Å²) in [6.07, 6.45) is -2.89. The zero-order valence-electron chi connectivity index (χ0n) is 13.9. The van der Waals surface area contributed by atoms with Gasteiger partial charge in [0.25, 0.3) is 0 Å². The van der Waals surface area contributed by atoms with E-state index in [4.69, 9.17) is 23.7 Å². The molecule has 0 unspecified atom stereocenters. The number of hydrogen-bond acceptors (Lipinski definition) is 8. The summed E-state index contributed by atoms with van der Waals surface area (Å²) in [6.45, 7) is 5.91. The molecule has 2 aliphatic rings. The Morgan fingerprint density at radius 1 is 1.00 bits per heavy atom. The van der Waals surface area contributed by atoms with E-state index >= 15 is 0 Å². The van der Waals surface area contributed by atoms with Crippen molar-refractivity contribution in [2.75, 3.05) is 7.11 Å². The summed E-state index contributed by atoms with van der Waals surface area (Å²) in [6, 6.07) is 0. The Morgan fingerprint density at radius 3 is 2.09 bits per heavy atom. The molecule has 0 bridgehead atoms. The summed E-state index contributed by atoms with van der Waals surface area (Å²) < 4.78 is 27.0. The van der Waals surface area contributed by atoms with Gasteiger partial charge in [-0.15, -0.1) is 0 Å². The fourth-order valence-corrected chi connectivity index (χ4v) is 3.16. The molecule has 130 valence electrons. The second kappa shape index (κ2) is 6.45. The zero-order valence-corrected chi connectivity index (χ0v) is 13.9. The summed E-state index contributed by atoms with van der Waals surface area (Å²) in [5.41, 5.74) is 0. The molecule has 0 aromatic heterocycles. The van der Waals surface area contributed by atoms with Crippen LogP contribution in [0.2, 0.25) is 0 Å². The van der Waals surface area contributed by atoms with Gasteiger partial charge in [-0.25, -0.2) is 0 Å². The van der Waals surface area contributed by atoms with Crippen LogP contribution in [0.5, 0.6) is 0 Å². The van der Waals surface area contributed by atoms with E-state index in [1.165, 1.54) is 21.0 Å². The van der Waals surface area contributed by atoms with Crippen LogP contribution in [0.15, 0.2) is 0 Å². The van der Waals surface area contributed by atoms with Crippen LogP contribution < -0.4 is 0 Å². The molecule has 0 amide bonds. The van der Waals surface area contributed by atoms with Crippen molar-refractivity contribution in [2.24, 2.45) is 5.92 Å². The van der Waals surface area contributed by atoms with Gasteiger partial charge in [-0.05, 0) is 13.8 Å². The van der Waals surface area contributed by atoms with Crippen LogP contribution in [0.4, 0.5) is 0 Å². The van der Waals surface area contributed by atoms with Crippen molar-refractivity contribution in [1.29, 1.82) is 0 Å². The molecule has 0 radical (unpaired) electrons. The highest BCUT2D eigenvalue weighted by molar-refractivity contribution is 5.74. The third-order valence-corrected chi connectivity index (χ3v) is 3.86. The van der Waals surface area contributed by atoms with E-state index in [2.05, 4.69) is 0 Å². The van der Waals surface area contributed by atoms with Crippen molar-refractivity contribution in [3.63, 3.8) is 0 Å². The molecular formula is C15H22O8. The van der Waals surface area contributed by atoms with Gasteiger partial charge in [-0.2, -0.15) is 0 Å². The molecule has 5 atom stereocenters. The van der Waals surface area contributed by atoms with Gasteiger partial charge in [0.1, 0.15) is 18.3 Å². The first-order valence-electron chi connectivity index (χ1n) is 7.42. The van der Waals surface area contributed by atoms with Crippen molar-refractivity contribution in [3.05, 3.63) is 0 Å². The largest absolute Gasteiger partial charge is 0.469 e. The van der Waals surface area contributed by atoms with Gasteiger partial charge >= 0.3 is 17.9 Å². The first-order chi connectivity index (χ1) is 10.6. The normalized spacial score (nSPS) is 35.1. The average Bonchev–Trinajstić information content (AvgIpc) is 2.74. The van der Waals surface area contributed by atoms with Gasteiger partial charge in [0.15, 0.2) is 11.9 Å². The van der Waals surface area contributed by atoms with Crippen molar-refractivity contribution in [3.8, 4) is 0 Å². The van der Waals surface area contributed by atoms with E-state index in [-0.39, 0.29) is 6.42 Å². The third kappa shape index (κ3) is 3.81. The predicted octanol–water partition coefficient (Wildman–Crippen LogP) is 0.563. The van der Waals surface area contributed by atoms with E-state index < -0.39 is 54.0 Å². The van der Waals surface area contributed by atoms with E-state index in [9.17, 15) is 14.4 Å². The first-order valence-corrected chi connectivity index (χ1v) is 7.42. The molecule has 2 fully saturated rings. The second-order valence-corrected chi connectivity index (χ2v) is 6.15. The molecule has 1 saturated heterocycles. The van der Waals surface area contributed by atoms with Crippen LogP contribution in [-0.2, 0) is 38.1 Å². The Kier molecular flexibility index (Phi) is 4.95. The van der Waals surface area contributed by atoms with Gasteiger partial charge < -0.3 is 23.7 Å². The summed E-state index contributed by atoms with van der Waals surface area (Å²) in [4.78, 5) is 34.8. The Hall–Kier alpha value is -1.67. The standard InChI is InChI=1S/C15H22O8/c1-7(16)20-10-6-9(14(18)19-5)11-13(12(10)21-8(2)17)23-15(3,4)22-11/h9-13H,6H2,1-5H3/t9-,10-,11-,12+,13-/m1/s1. The lowest BCUT2D eigenvalue weighted by Crippen LogP contribution is -2.56. The molecule has 8 heteroatoms. The number of carbonyl (C=O) groups excluding carboxylic acids is 3. The number of hydrogen-bond donors (Lipinski definition) is 0. The molecule has 1 aliphatic heterocycles. The first kappa shape index (κ1) is 17.7. The number of ether oxygens (including phenoxy) is 5. The Labute approximate surface area is 134 Å². The van der Waals surface area contributed by atoms with E-state index in [1.54, 1.807) is 13.8 Å². The Bertz CT molecular complexity index is 500. The molecule has 2 rings (SSSR count). The van der Waals surface area contributed by atoms with Crippen LogP contribution in [0, 0.1) is 5.92 Å². The molecule has 0 spiro atoms. The zero-order chi connectivity index (χ0) is 17.4. The average molecular weight is 330 g/mol. The quantitative estimate of drug-likeness (QED) is 0.547. The van der Waals surface area contributed by atoms with Crippen molar-refractivity contribution >= 4 is 17.9 Å². The molecular weight excluding hydrogens is 308 g/mol. The number of esters is 3. The SMILES string of the molecule is COC(=O)[C@@H]1C[C@@H](OC(C)=O)[C@H](OC(C)=O)[C@@H]2OC(C)(C)O[C@@H]21.